The van der Waals surface area contributed by atoms with Crippen molar-refractivity contribution in [2.45, 2.75) is 39.2 Å². The standard InChI is InChI=1S/C14H22N2O3/c1-14(2,3)19-13(18)16-11-7-6-10(5-4-8-15)9-12(11)17/h6-7,9,17H,4-5,8,15H2,1-3H3,(H,16,18). The molecule has 0 bridgehead atoms. The lowest BCUT2D eigenvalue weighted by Crippen LogP contribution is -2.27. The molecule has 5 heteroatoms. The first-order chi connectivity index (χ1) is 8.81. The van der Waals surface area contributed by atoms with E-state index >= 15 is 0 Å². The van der Waals surface area contributed by atoms with Gasteiger partial charge in [-0.25, -0.2) is 4.79 Å². The Bertz CT molecular complexity index is 439. The van der Waals surface area contributed by atoms with Crippen LogP contribution in [0.1, 0.15) is 32.8 Å². The van der Waals surface area contributed by atoms with Crippen molar-refractivity contribution in [3.63, 3.8) is 0 Å². The zero-order chi connectivity index (χ0) is 14.5. The van der Waals surface area contributed by atoms with Gasteiger partial charge in [0.1, 0.15) is 11.4 Å². The second-order valence-corrected chi connectivity index (χ2v) is 5.37. The molecule has 106 valence electrons. The lowest BCUT2D eigenvalue weighted by atomic mass is 10.1. The summed E-state index contributed by atoms with van der Waals surface area (Å²) in [6.07, 6.45) is 1.08. The van der Waals surface area contributed by atoms with Gasteiger partial charge in [0.2, 0.25) is 0 Å². The topological polar surface area (TPSA) is 84.6 Å². The van der Waals surface area contributed by atoms with Crippen LogP contribution in [-0.2, 0) is 11.2 Å². The molecule has 1 rings (SSSR count). The number of nitrogens with two attached hydrogens (primary N) is 1. The third-order valence-corrected chi connectivity index (χ3v) is 2.37. The van der Waals surface area contributed by atoms with Crippen molar-refractivity contribution in [1.82, 2.24) is 0 Å². The maximum Gasteiger partial charge on any atom is 0.412 e. The molecule has 0 fully saturated rings. The van der Waals surface area contributed by atoms with Gasteiger partial charge in [-0.1, -0.05) is 6.07 Å². The molecule has 0 aliphatic heterocycles. The van der Waals surface area contributed by atoms with Gasteiger partial charge in [0.15, 0.2) is 0 Å². The Morgan fingerprint density at radius 3 is 2.63 bits per heavy atom. The van der Waals surface area contributed by atoms with Crippen molar-refractivity contribution in [2.75, 3.05) is 11.9 Å². The summed E-state index contributed by atoms with van der Waals surface area (Å²) in [4.78, 5) is 11.6. The highest BCUT2D eigenvalue weighted by molar-refractivity contribution is 5.86. The van der Waals surface area contributed by atoms with Gasteiger partial charge in [-0.2, -0.15) is 0 Å². The number of phenols is 1. The molecule has 5 nitrogen and oxygen atoms in total. The van der Waals surface area contributed by atoms with Crippen LogP contribution < -0.4 is 11.1 Å². The van der Waals surface area contributed by atoms with Crippen LogP contribution in [0, 0.1) is 0 Å². The van der Waals surface area contributed by atoms with Gasteiger partial charge in [0.25, 0.3) is 0 Å². The van der Waals surface area contributed by atoms with Crippen LogP contribution in [0.4, 0.5) is 10.5 Å². The summed E-state index contributed by atoms with van der Waals surface area (Å²) in [5, 5.41) is 12.4. The van der Waals surface area contributed by atoms with Crippen LogP contribution in [0.2, 0.25) is 0 Å². The average Bonchev–Trinajstić information content (AvgIpc) is 2.27. The molecule has 1 amide bonds. The van der Waals surface area contributed by atoms with Crippen molar-refractivity contribution in [1.29, 1.82) is 0 Å². The quantitative estimate of drug-likeness (QED) is 0.731. The maximum absolute atomic E-state index is 11.6. The summed E-state index contributed by atoms with van der Waals surface area (Å²) in [6.45, 7) is 5.95. The number of amides is 1. The molecule has 0 heterocycles. The highest BCUT2D eigenvalue weighted by Crippen LogP contribution is 2.25. The summed E-state index contributed by atoms with van der Waals surface area (Å²) in [5.74, 6) is 0.0281. The number of anilines is 1. The molecule has 1 aromatic carbocycles. The first-order valence-electron chi connectivity index (χ1n) is 6.34. The zero-order valence-corrected chi connectivity index (χ0v) is 11.7. The van der Waals surface area contributed by atoms with Crippen LogP contribution in [0.3, 0.4) is 0 Å². The molecular formula is C14H22N2O3. The zero-order valence-electron chi connectivity index (χ0n) is 11.7. The monoisotopic (exact) mass is 266 g/mol. The van der Waals surface area contributed by atoms with Gasteiger partial charge in [-0.3, -0.25) is 5.32 Å². The Morgan fingerprint density at radius 1 is 1.42 bits per heavy atom. The molecule has 0 radical (unpaired) electrons. The van der Waals surface area contributed by atoms with Crippen molar-refractivity contribution < 1.29 is 14.6 Å². The lowest BCUT2D eigenvalue weighted by molar-refractivity contribution is 0.0635. The maximum atomic E-state index is 11.6. The van der Waals surface area contributed by atoms with Gasteiger partial charge < -0.3 is 15.6 Å². The van der Waals surface area contributed by atoms with Crippen LogP contribution in [-0.4, -0.2) is 23.3 Å². The molecule has 0 saturated heterocycles. The van der Waals surface area contributed by atoms with Gasteiger partial charge in [0.05, 0.1) is 5.69 Å². The molecule has 0 atom stereocenters. The van der Waals surface area contributed by atoms with Crippen molar-refractivity contribution in [3.8, 4) is 5.75 Å². The SMILES string of the molecule is CC(C)(C)OC(=O)Nc1ccc(CCCN)cc1O. The van der Waals surface area contributed by atoms with Crippen LogP contribution in [0.25, 0.3) is 0 Å². The molecule has 1 aromatic rings. The number of aromatic hydroxyl groups is 1. The number of benzene rings is 1. The average molecular weight is 266 g/mol. The summed E-state index contributed by atoms with van der Waals surface area (Å²) >= 11 is 0. The van der Waals surface area contributed by atoms with Crippen molar-refractivity contribution in [2.24, 2.45) is 5.73 Å². The van der Waals surface area contributed by atoms with E-state index in [1.165, 1.54) is 0 Å². The first-order valence-corrected chi connectivity index (χ1v) is 6.34. The molecule has 4 N–H and O–H groups in total. The fourth-order valence-corrected chi connectivity index (χ4v) is 1.56. The highest BCUT2D eigenvalue weighted by Gasteiger charge is 2.17. The fourth-order valence-electron chi connectivity index (χ4n) is 1.56. The number of nitrogens with one attached hydrogen (secondary N) is 1. The number of aryl methyl sites for hydroxylation is 1. The predicted molar refractivity (Wildman–Crippen MR) is 75.3 cm³/mol. The fraction of sp³-hybridized carbons (Fsp3) is 0.500. The van der Waals surface area contributed by atoms with Crippen molar-refractivity contribution in [3.05, 3.63) is 23.8 Å². The molecule has 0 aromatic heterocycles. The minimum atomic E-state index is -0.586. The Balaban J connectivity index is 2.67. The molecule has 0 aliphatic rings. The molecular weight excluding hydrogens is 244 g/mol. The predicted octanol–water partition coefficient (Wildman–Crippen LogP) is 2.63. The molecule has 0 unspecified atom stereocenters. The molecule has 0 spiro atoms. The number of rotatable bonds is 4. The molecule has 0 aliphatic carbocycles. The Labute approximate surface area is 113 Å². The van der Waals surface area contributed by atoms with E-state index in [-0.39, 0.29) is 5.75 Å². The highest BCUT2D eigenvalue weighted by atomic mass is 16.6. The summed E-state index contributed by atoms with van der Waals surface area (Å²) in [7, 11) is 0. The summed E-state index contributed by atoms with van der Waals surface area (Å²) < 4.78 is 5.11. The van der Waals surface area contributed by atoms with E-state index in [0.717, 1.165) is 18.4 Å². The third-order valence-electron chi connectivity index (χ3n) is 2.37. The number of carbonyl (C=O) groups excluding carboxylic acids is 1. The van der Waals surface area contributed by atoms with Crippen LogP contribution in [0.15, 0.2) is 18.2 Å². The Kier molecular flexibility index (Phi) is 5.18. The van der Waals surface area contributed by atoms with E-state index in [9.17, 15) is 9.90 Å². The number of hydrogen-bond acceptors (Lipinski definition) is 4. The minimum absolute atomic E-state index is 0.0281. The van der Waals surface area contributed by atoms with Gasteiger partial charge in [0, 0.05) is 0 Å². The smallest absolute Gasteiger partial charge is 0.412 e. The van der Waals surface area contributed by atoms with Gasteiger partial charge in [-0.15, -0.1) is 0 Å². The Hall–Kier alpha value is -1.75. The van der Waals surface area contributed by atoms with E-state index < -0.39 is 11.7 Å². The molecule has 19 heavy (non-hydrogen) atoms. The van der Waals surface area contributed by atoms with Gasteiger partial charge >= 0.3 is 6.09 Å². The number of hydrogen-bond donors (Lipinski definition) is 3. The Morgan fingerprint density at radius 2 is 2.11 bits per heavy atom. The first kappa shape index (κ1) is 15.3. The van der Waals surface area contributed by atoms with E-state index in [0.29, 0.717) is 12.2 Å². The third kappa shape index (κ3) is 5.61. The van der Waals surface area contributed by atoms with Crippen LogP contribution in [0.5, 0.6) is 5.75 Å². The van der Waals surface area contributed by atoms with E-state index in [1.807, 2.05) is 6.07 Å². The molecule has 0 saturated carbocycles. The van der Waals surface area contributed by atoms with E-state index in [2.05, 4.69) is 5.32 Å². The normalized spacial score (nSPS) is 11.2. The second kappa shape index (κ2) is 6.43. The number of ether oxygens (including phenoxy) is 1. The summed E-state index contributed by atoms with van der Waals surface area (Å²) in [5.41, 5.74) is 6.19. The van der Waals surface area contributed by atoms with Crippen molar-refractivity contribution >= 4 is 11.8 Å². The van der Waals surface area contributed by atoms with Crippen LogP contribution >= 0.6 is 0 Å². The minimum Gasteiger partial charge on any atom is -0.506 e. The largest absolute Gasteiger partial charge is 0.506 e. The second-order valence-electron chi connectivity index (χ2n) is 5.37. The lowest BCUT2D eigenvalue weighted by Gasteiger charge is -2.20. The number of carbonyl (C=O) groups is 1. The van der Waals surface area contributed by atoms with E-state index in [1.54, 1.807) is 32.9 Å². The summed E-state index contributed by atoms with van der Waals surface area (Å²) in [6, 6.07) is 5.13. The van der Waals surface area contributed by atoms with Gasteiger partial charge in [-0.05, 0) is 57.9 Å². The van der Waals surface area contributed by atoms with E-state index in [4.69, 9.17) is 10.5 Å². The number of phenolic OH excluding ortho intramolecular Hbond substituents is 1.